The van der Waals surface area contributed by atoms with Crippen LogP contribution in [0, 0.1) is 17.5 Å². The zero-order valence-electron chi connectivity index (χ0n) is 61.8. The van der Waals surface area contributed by atoms with Gasteiger partial charge in [-0.05, 0) is 71.3 Å². The molecule has 8 aromatic heterocycles. The number of carboxylic acid groups (broad SMARTS) is 1. The van der Waals surface area contributed by atoms with Gasteiger partial charge in [0.1, 0.15) is 72.3 Å². The number of amides is 2. The van der Waals surface area contributed by atoms with Crippen molar-refractivity contribution < 1.29 is 85.3 Å². The van der Waals surface area contributed by atoms with Crippen LogP contribution in [0.2, 0.25) is 0 Å². The van der Waals surface area contributed by atoms with E-state index in [1.807, 2.05) is 0 Å². The Kier molecular flexibility index (Phi) is 24.5. The summed E-state index contributed by atoms with van der Waals surface area (Å²) in [7, 11) is 0. The maximum Gasteiger partial charge on any atom is 0.396 e. The van der Waals surface area contributed by atoms with Crippen molar-refractivity contribution in [3.63, 3.8) is 0 Å². The van der Waals surface area contributed by atoms with Gasteiger partial charge in [-0.25, -0.2) is 33.3 Å². The fourth-order valence-electron chi connectivity index (χ4n) is 13.3. The van der Waals surface area contributed by atoms with Crippen LogP contribution >= 0.6 is 0 Å². The fourth-order valence-corrected chi connectivity index (χ4v) is 13.3. The van der Waals surface area contributed by atoms with Gasteiger partial charge in [-0.3, -0.25) is 33.4 Å². The van der Waals surface area contributed by atoms with Gasteiger partial charge < -0.3 is 33.9 Å². The van der Waals surface area contributed by atoms with Crippen molar-refractivity contribution in [2.45, 2.75) is 109 Å². The minimum Gasteiger partial charge on any atom is -0.478 e. The molecule has 44 heteroatoms. The first-order valence-electron chi connectivity index (χ1n) is 36.0. The number of hydrogen-bond acceptors (Lipinski definition) is 19. The minimum atomic E-state index is -4.42. The SMILES string of the molecule is FC(F)(F)Cc1nnc2cnccn12.FC(F)(F)Cc1nnc2n1CCNC2.O=C(O)c1cc(Cc2n[nH]c(=O)c3ccccc23)ccc1F.O=C(c1cc(Cc2n[nH]c(=O)c3ccccc23)ccc1F)N1CCn2c(nnc2CC(F)(F)F)C1.O=C(c1cc(Cc2n[nH]c(=O)c3ccccc23)ccc1F)N1CCn2c(nnc2CC(F)(F)F)C1. The van der Waals surface area contributed by atoms with E-state index in [0.29, 0.717) is 97.2 Å². The normalized spacial score (nSPS) is 13.4. The zero-order chi connectivity index (χ0) is 85.5. The molecule has 17 rings (SSSR count). The molecule has 622 valence electrons. The fraction of sp³-hybridized carbons (Fsp3) is 0.263. The van der Waals surface area contributed by atoms with Gasteiger partial charge in [0.05, 0.1) is 75.8 Å². The number of carbonyl (C=O) groups excluding carboxylic acids is 2. The molecule has 29 nitrogen and oxygen atoms in total. The molecule has 120 heavy (non-hydrogen) atoms. The minimum absolute atomic E-state index is 0.00833. The average molecular weight is 1680 g/mol. The molecule has 2 amide bonds. The molecule has 3 aliphatic rings. The van der Waals surface area contributed by atoms with Crippen LogP contribution in [0.4, 0.5) is 65.9 Å². The van der Waals surface area contributed by atoms with E-state index in [1.54, 1.807) is 72.8 Å². The number of carboxylic acids is 1. The third-order valence-corrected chi connectivity index (χ3v) is 18.9. The highest BCUT2D eigenvalue weighted by molar-refractivity contribution is 5.96. The first kappa shape index (κ1) is 84.0. The van der Waals surface area contributed by atoms with Crippen LogP contribution in [0.1, 0.15) is 106 Å². The third-order valence-electron chi connectivity index (χ3n) is 18.9. The van der Waals surface area contributed by atoms with E-state index in [2.05, 4.69) is 81.7 Å². The molecule has 6 aromatic carbocycles. The second kappa shape index (κ2) is 35.1. The van der Waals surface area contributed by atoms with E-state index < -0.39 is 85.6 Å². The summed E-state index contributed by atoms with van der Waals surface area (Å²) in [6.07, 6.45) is -16.9. The largest absolute Gasteiger partial charge is 0.478 e. The highest BCUT2D eigenvalue weighted by atomic mass is 19.4. The summed E-state index contributed by atoms with van der Waals surface area (Å²) in [6, 6.07) is 33.1. The Hall–Kier alpha value is -14.0. The molecule has 5 N–H and O–H groups in total. The predicted molar refractivity (Wildman–Crippen MR) is 393 cm³/mol. The van der Waals surface area contributed by atoms with Crippen LogP contribution in [-0.2, 0) is 84.2 Å². The lowest BCUT2D eigenvalue weighted by Crippen LogP contribution is -2.39. The van der Waals surface area contributed by atoms with Crippen LogP contribution < -0.4 is 22.0 Å². The van der Waals surface area contributed by atoms with Crippen molar-refractivity contribution in [2.75, 3.05) is 19.6 Å². The summed E-state index contributed by atoms with van der Waals surface area (Å²) in [5, 5.41) is 64.0. The lowest BCUT2D eigenvalue weighted by Gasteiger charge is -2.28. The number of aromatic carboxylic acids is 1. The molecule has 0 saturated heterocycles. The van der Waals surface area contributed by atoms with Crippen molar-refractivity contribution in [1.29, 1.82) is 0 Å². The Bertz CT molecular complexity index is 6130. The predicted octanol–water partition coefficient (Wildman–Crippen LogP) is 10.1. The molecule has 0 unspecified atom stereocenters. The number of nitrogens with one attached hydrogen (secondary N) is 4. The highest BCUT2D eigenvalue weighted by Gasteiger charge is 2.37. The van der Waals surface area contributed by atoms with E-state index in [-0.39, 0.29) is 127 Å². The topological polar surface area (TPSA) is 362 Å². The summed E-state index contributed by atoms with van der Waals surface area (Å²) < 4.78 is 197. The third kappa shape index (κ3) is 20.3. The molecule has 11 heterocycles. The molecule has 0 aliphatic carbocycles. The second-order valence-corrected chi connectivity index (χ2v) is 27.2. The van der Waals surface area contributed by atoms with Gasteiger partial charge in [0, 0.05) is 87.1 Å². The molecule has 0 bridgehead atoms. The van der Waals surface area contributed by atoms with Crippen LogP contribution in [-0.4, -0.2) is 171 Å². The van der Waals surface area contributed by atoms with E-state index in [9.17, 15) is 94.6 Å². The number of alkyl halides is 12. The molecular formula is C76H61F15N22O7. The van der Waals surface area contributed by atoms with Gasteiger partial charge in [-0.1, -0.05) is 72.8 Å². The number of carbonyl (C=O) groups is 3. The van der Waals surface area contributed by atoms with Crippen molar-refractivity contribution in [1.82, 2.24) is 110 Å². The Morgan fingerprint density at radius 3 is 1.15 bits per heavy atom. The zero-order valence-corrected chi connectivity index (χ0v) is 61.8. The molecule has 0 atom stereocenters. The molecule has 0 saturated carbocycles. The lowest BCUT2D eigenvalue weighted by molar-refractivity contribution is -0.130. The number of fused-ring (bicyclic) bond motifs is 7. The summed E-state index contributed by atoms with van der Waals surface area (Å²) in [5.41, 5.74) is 2.19. The molecule has 3 aliphatic heterocycles. The Balaban J connectivity index is 0.000000136. The first-order chi connectivity index (χ1) is 57.1. The number of benzene rings is 6. The van der Waals surface area contributed by atoms with Crippen LogP contribution in [0.3, 0.4) is 0 Å². The number of aromatic nitrogens is 19. The van der Waals surface area contributed by atoms with Crippen LogP contribution in [0.15, 0.2) is 160 Å². The lowest BCUT2D eigenvalue weighted by atomic mass is 10.0. The van der Waals surface area contributed by atoms with E-state index in [4.69, 9.17) is 5.11 Å². The van der Waals surface area contributed by atoms with Crippen molar-refractivity contribution in [3.8, 4) is 0 Å². The molecule has 0 fully saturated rings. The quantitative estimate of drug-likeness (QED) is 0.0670. The summed E-state index contributed by atoms with van der Waals surface area (Å²) >= 11 is 0. The summed E-state index contributed by atoms with van der Waals surface area (Å²) in [5.74, 6) is -4.29. The average Bonchev–Trinajstić information content (AvgIpc) is 1.20. The van der Waals surface area contributed by atoms with Gasteiger partial charge in [0.25, 0.3) is 28.5 Å². The number of nitrogens with zero attached hydrogens (tertiary/aromatic N) is 18. The molecular weight excluding hydrogens is 1620 g/mol. The van der Waals surface area contributed by atoms with E-state index in [1.165, 1.54) is 95.0 Å². The molecule has 0 spiro atoms. The number of aromatic amines is 3. The number of rotatable bonds is 13. The van der Waals surface area contributed by atoms with Gasteiger partial charge >= 0.3 is 30.7 Å². The van der Waals surface area contributed by atoms with Crippen molar-refractivity contribution in [3.05, 3.63) is 286 Å². The Morgan fingerprint density at radius 1 is 0.408 bits per heavy atom. The Morgan fingerprint density at radius 2 is 0.758 bits per heavy atom. The first-order valence-corrected chi connectivity index (χ1v) is 36.0. The van der Waals surface area contributed by atoms with E-state index in [0.717, 1.165) is 6.07 Å². The monoisotopic (exact) mass is 1680 g/mol. The molecule has 14 aromatic rings. The smallest absolute Gasteiger partial charge is 0.396 e. The van der Waals surface area contributed by atoms with E-state index >= 15 is 0 Å². The summed E-state index contributed by atoms with van der Waals surface area (Å²) in [6.45, 7) is 1.82. The van der Waals surface area contributed by atoms with Crippen LogP contribution in [0.5, 0.6) is 0 Å². The van der Waals surface area contributed by atoms with Crippen molar-refractivity contribution in [2.24, 2.45) is 0 Å². The van der Waals surface area contributed by atoms with Gasteiger partial charge in [-0.2, -0.15) is 68.0 Å². The number of hydrogen-bond donors (Lipinski definition) is 5. The number of halogens is 15. The maximum atomic E-state index is 14.6. The second-order valence-electron chi connectivity index (χ2n) is 27.2. The highest BCUT2D eigenvalue weighted by Crippen LogP contribution is 2.30. The maximum absolute atomic E-state index is 14.6. The van der Waals surface area contributed by atoms with Gasteiger partial charge in [0.15, 0.2) is 17.3 Å². The van der Waals surface area contributed by atoms with Crippen LogP contribution in [0.25, 0.3) is 38.0 Å². The Labute approximate surface area is 662 Å². The molecule has 0 radical (unpaired) electrons. The van der Waals surface area contributed by atoms with Crippen molar-refractivity contribution >= 4 is 55.7 Å². The van der Waals surface area contributed by atoms with Gasteiger partial charge in [0.2, 0.25) is 0 Å². The van der Waals surface area contributed by atoms with Gasteiger partial charge in [-0.15, -0.1) is 40.8 Å². The number of H-pyrrole nitrogens is 3. The standard InChI is InChI=1S/2C23H18F4N6O2.C16H11FN2O3.C7H9F3N4.C7H5F3N4/c2*24-17-6-5-13(10-18-14-3-1-2-4-15(14)21(34)31-28-18)9-16(17)22(35)32-7-8-33-19(11-23(25,26)27)29-30-20(33)12-32;17-13-6-5-9(7-12(13)16(21)22)8-14-10-3-1-2-4-11(10)15(20)19-18-14;2*8-7(9,10)3-5-12-13-6-4-11-1-2-14(5)6/h2*1-6,9H,7-8,10-12H2,(H,31,34);1-7H,8H2,(H,19,20)(H,21,22);11H,1-4H2;1-2,4H,3H2. The summed E-state index contributed by atoms with van der Waals surface area (Å²) in [4.78, 5) is 79.4.